The number of rotatable bonds is 5. The molecule has 0 radical (unpaired) electrons. The first kappa shape index (κ1) is 17.2. The maximum Gasteiger partial charge on any atom is 0.272 e. The molecule has 132 valence electrons. The fourth-order valence-corrected chi connectivity index (χ4v) is 3.08. The van der Waals surface area contributed by atoms with Crippen molar-refractivity contribution in [3.8, 4) is 5.75 Å². The molecule has 0 saturated heterocycles. The van der Waals surface area contributed by atoms with Gasteiger partial charge >= 0.3 is 0 Å². The van der Waals surface area contributed by atoms with Gasteiger partial charge in [0, 0.05) is 6.04 Å². The van der Waals surface area contributed by atoms with Crippen LogP contribution in [0, 0.1) is 6.92 Å². The molecular weight excluding hydrogens is 316 g/mol. The molecule has 2 aromatic rings. The zero-order valence-corrected chi connectivity index (χ0v) is 14.7. The van der Waals surface area contributed by atoms with E-state index in [1.165, 1.54) is 19.3 Å². The van der Waals surface area contributed by atoms with Crippen molar-refractivity contribution in [1.29, 1.82) is 0 Å². The van der Waals surface area contributed by atoms with Crippen LogP contribution in [0.25, 0.3) is 0 Å². The summed E-state index contributed by atoms with van der Waals surface area (Å²) in [6, 6.07) is 9.56. The van der Waals surface area contributed by atoms with Gasteiger partial charge in [-0.3, -0.25) is 4.79 Å². The quantitative estimate of drug-likeness (QED) is 0.870. The topological polar surface area (TPSA) is 76.1 Å². The van der Waals surface area contributed by atoms with Gasteiger partial charge in [-0.2, -0.15) is 0 Å². The zero-order valence-electron chi connectivity index (χ0n) is 14.7. The third-order valence-electron chi connectivity index (χ3n) is 4.46. The van der Waals surface area contributed by atoms with Crippen molar-refractivity contribution in [3.63, 3.8) is 0 Å². The van der Waals surface area contributed by atoms with Crippen LogP contribution in [0.3, 0.4) is 0 Å². The lowest BCUT2D eigenvalue weighted by atomic mass is 9.95. The summed E-state index contributed by atoms with van der Waals surface area (Å²) in [7, 11) is 1.63. The molecule has 1 amide bonds. The van der Waals surface area contributed by atoms with E-state index < -0.39 is 0 Å². The Kier molecular flexibility index (Phi) is 5.48. The smallest absolute Gasteiger partial charge is 0.272 e. The molecule has 1 aliphatic carbocycles. The molecule has 0 aliphatic heterocycles. The SMILES string of the molecule is COc1ccc(C)cc1Nc1ccc(C(=O)NC2CCCCC2)nn1. The van der Waals surface area contributed by atoms with Crippen LogP contribution in [-0.2, 0) is 0 Å². The molecule has 1 aliphatic rings. The number of ether oxygens (including phenoxy) is 1. The first-order chi connectivity index (χ1) is 12.2. The number of nitrogens with one attached hydrogen (secondary N) is 2. The molecule has 0 bridgehead atoms. The number of benzene rings is 1. The Balaban J connectivity index is 1.65. The first-order valence-electron chi connectivity index (χ1n) is 8.72. The van der Waals surface area contributed by atoms with Crippen LogP contribution >= 0.6 is 0 Å². The van der Waals surface area contributed by atoms with E-state index in [0.717, 1.165) is 29.8 Å². The van der Waals surface area contributed by atoms with Crippen LogP contribution in [0.1, 0.15) is 48.2 Å². The van der Waals surface area contributed by atoms with E-state index in [0.29, 0.717) is 11.5 Å². The van der Waals surface area contributed by atoms with Gasteiger partial charge < -0.3 is 15.4 Å². The summed E-state index contributed by atoms with van der Waals surface area (Å²) >= 11 is 0. The number of anilines is 2. The van der Waals surface area contributed by atoms with Gasteiger partial charge in [0.15, 0.2) is 11.5 Å². The van der Waals surface area contributed by atoms with E-state index >= 15 is 0 Å². The lowest BCUT2D eigenvalue weighted by Gasteiger charge is -2.22. The maximum atomic E-state index is 12.3. The third kappa shape index (κ3) is 4.47. The molecule has 0 spiro atoms. The zero-order chi connectivity index (χ0) is 17.6. The standard InChI is InChI=1S/C19H24N4O2/c1-13-8-10-17(25-2)16(12-13)21-18-11-9-15(22-23-18)19(24)20-14-6-4-3-5-7-14/h8-12,14H,3-7H2,1-2H3,(H,20,24)(H,21,23). The van der Waals surface area contributed by atoms with Gasteiger partial charge in [-0.15, -0.1) is 10.2 Å². The van der Waals surface area contributed by atoms with Crippen LogP contribution in [0.2, 0.25) is 0 Å². The third-order valence-corrected chi connectivity index (χ3v) is 4.46. The number of methoxy groups -OCH3 is 1. The Bertz CT molecular complexity index is 725. The normalized spacial score (nSPS) is 14.8. The predicted octanol–water partition coefficient (Wildman–Crippen LogP) is 3.60. The van der Waals surface area contributed by atoms with Crippen molar-refractivity contribution in [3.05, 3.63) is 41.6 Å². The summed E-state index contributed by atoms with van der Waals surface area (Å²) in [4.78, 5) is 12.3. The monoisotopic (exact) mass is 340 g/mol. The van der Waals surface area contributed by atoms with Gasteiger partial charge in [0.1, 0.15) is 5.75 Å². The van der Waals surface area contributed by atoms with Crippen molar-refractivity contribution < 1.29 is 9.53 Å². The highest BCUT2D eigenvalue weighted by molar-refractivity contribution is 5.92. The molecule has 25 heavy (non-hydrogen) atoms. The summed E-state index contributed by atoms with van der Waals surface area (Å²) in [6.07, 6.45) is 5.71. The number of hydrogen-bond donors (Lipinski definition) is 2. The fraction of sp³-hybridized carbons (Fsp3) is 0.421. The van der Waals surface area contributed by atoms with Crippen LogP contribution in [0.5, 0.6) is 5.75 Å². The Morgan fingerprint density at radius 2 is 1.92 bits per heavy atom. The number of aryl methyl sites for hydroxylation is 1. The lowest BCUT2D eigenvalue weighted by Crippen LogP contribution is -2.36. The summed E-state index contributed by atoms with van der Waals surface area (Å²) in [5.74, 6) is 1.14. The Hall–Kier alpha value is -2.63. The average Bonchev–Trinajstić information content (AvgIpc) is 2.63. The van der Waals surface area contributed by atoms with E-state index in [1.807, 2.05) is 25.1 Å². The van der Waals surface area contributed by atoms with Crippen molar-refractivity contribution >= 4 is 17.4 Å². The second kappa shape index (κ2) is 7.96. The van der Waals surface area contributed by atoms with Crippen LogP contribution in [0.4, 0.5) is 11.5 Å². The van der Waals surface area contributed by atoms with Gasteiger partial charge in [0.25, 0.3) is 5.91 Å². The van der Waals surface area contributed by atoms with Crippen molar-refractivity contribution in [2.45, 2.75) is 45.1 Å². The van der Waals surface area contributed by atoms with Crippen molar-refractivity contribution in [2.75, 3.05) is 12.4 Å². The second-order valence-electron chi connectivity index (χ2n) is 6.44. The number of hydrogen-bond acceptors (Lipinski definition) is 5. The van der Waals surface area contributed by atoms with E-state index in [2.05, 4.69) is 20.8 Å². The van der Waals surface area contributed by atoms with Gasteiger partial charge in [-0.1, -0.05) is 25.3 Å². The van der Waals surface area contributed by atoms with Crippen molar-refractivity contribution in [1.82, 2.24) is 15.5 Å². The first-order valence-corrected chi connectivity index (χ1v) is 8.72. The Morgan fingerprint density at radius 1 is 1.12 bits per heavy atom. The number of carbonyl (C=O) groups excluding carboxylic acids is 1. The molecule has 1 aromatic heterocycles. The number of aromatic nitrogens is 2. The van der Waals surface area contributed by atoms with E-state index in [1.54, 1.807) is 19.2 Å². The van der Waals surface area contributed by atoms with Gasteiger partial charge in [0.2, 0.25) is 0 Å². The molecule has 2 N–H and O–H groups in total. The van der Waals surface area contributed by atoms with Gasteiger partial charge in [-0.25, -0.2) is 0 Å². The van der Waals surface area contributed by atoms with Crippen LogP contribution < -0.4 is 15.4 Å². The number of carbonyl (C=O) groups is 1. The van der Waals surface area contributed by atoms with Gasteiger partial charge in [-0.05, 0) is 49.6 Å². The molecule has 3 rings (SSSR count). The Morgan fingerprint density at radius 3 is 2.60 bits per heavy atom. The second-order valence-corrected chi connectivity index (χ2v) is 6.44. The predicted molar refractivity (Wildman–Crippen MR) is 97.4 cm³/mol. The van der Waals surface area contributed by atoms with E-state index in [-0.39, 0.29) is 11.9 Å². The summed E-state index contributed by atoms with van der Waals surface area (Å²) in [5.41, 5.74) is 2.27. The molecule has 0 atom stereocenters. The molecule has 1 aromatic carbocycles. The summed E-state index contributed by atoms with van der Waals surface area (Å²) < 4.78 is 5.34. The highest BCUT2D eigenvalue weighted by Crippen LogP contribution is 2.27. The highest BCUT2D eigenvalue weighted by atomic mass is 16.5. The molecule has 1 fully saturated rings. The molecule has 0 unspecified atom stereocenters. The van der Waals surface area contributed by atoms with Crippen LogP contribution in [-0.4, -0.2) is 29.3 Å². The fourth-order valence-electron chi connectivity index (χ4n) is 3.08. The maximum absolute atomic E-state index is 12.3. The molecule has 1 saturated carbocycles. The van der Waals surface area contributed by atoms with E-state index in [4.69, 9.17) is 4.74 Å². The average molecular weight is 340 g/mol. The minimum Gasteiger partial charge on any atom is -0.495 e. The molecule has 6 heteroatoms. The highest BCUT2D eigenvalue weighted by Gasteiger charge is 2.17. The minimum absolute atomic E-state index is 0.154. The molecule has 1 heterocycles. The number of nitrogens with zero attached hydrogens (tertiary/aromatic N) is 2. The Labute approximate surface area is 148 Å². The van der Waals surface area contributed by atoms with E-state index in [9.17, 15) is 4.79 Å². The largest absolute Gasteiger partial charge is 0.495 e. The summed E-state index contributed by atoms with van der Waals surface area (Å²) in [6.45, 7) is 2.01. The van der Waals surface area contributed by atoms with Crippen LogP contribution in [0.15, 0.2) is 30.3 Å². The van der Waals surface area contributed by atoms with Gasteiger partial charge in [0.05, 0.1) is 12.8 Å². The molecule has 6 nitrogen and oxygen atoms in total. The summed E-state index contributed by atoms with van der Waals surface area (Å²) in [5, 5.41) is 14.4. The molecular formula is C19H24N4O2. The van der Waals surface area contributed by atoms with Crippen molar-refractivity contribution in [2.24, 2.45) is 0 Å². The number of amides is 1. The lowest BCUT2D eigenvalue weighted by molar-refractivity contribution is 0.0921. The minimum atomic E-state index is -0.154.